The number of hydrogen-bond acceptors (Lipinski definition) is 4. The van der Waals surface area contributed by atoms with Crippen molar-refractivity contribution in [2.75, 3.05) is 0 Å². The van der Waals surface area contributed by atoms with E-state index < -0.39 is 21.7 Å². The number of fused-ring (bicyclic) bond motifs is 30. The van der Waals surface area contributed by atoms with Gasteiger partial charge in [0.15, 0.2) is 23.1 Å². The lowest BCUT2D eigenvalue weighted by molar-refractivity contribution is 0.0726. The molecule has 4 bridgehead atoms. The first-order valence-corrected chi connectivity index (χ1v) is 30.8. The van der Waals surface area contributed by atoms with Crippen LogP contribution in [0.4, 0.5) is 0 Å². The summed E-state index contributed by atoms with van der Waals surface area (Å²) in [6.45, 7) is 9.18. The maximum Gasteiger partial charge on any atom is 0.178 e. The van der Waals surface area contributed by atoms with Gasteiger partial charge >= 0.3 is 0 Å². The predicted octanol–water partition coefficient (Wildman–Crippen LogP) is 17.5. The van der Waals surface area contributed by atoms with Gasteiger partial charge in [-0.05, 0) is 190 Å². The Kier molecular flexibility index (Phi) is 7.57. The molecule has 0 N–H and O–H groups in total. The number of nitrogens with zero attached hydrogens (tertiary/aromatic N) is 2. The van der Waals surface area contributed by atoms with Crippen LogP contribution in [0.15, 0.2) is 146 Å². The third-order valence-electron chi connectivity index (χ3n) is 24.8. The van der Waals surface area contributed by atoms with Crippen molar-refractivity contribution < 1.29 is 19.2 Å². The number of rotatable bonds is 0. The van der Waals surface area contributed by atoms with Crippen molar-refractivity contribution in [1.82, 2.24) is 8.80 Å². The minimum Gasteiger partial charge on any atom is -0.308 e. The van der Waals surface area contributed by atoms with E-state index in [1.807, 2.05) is 0 Å². The van der Waals surface area contributed by atoms with E-state index in [1.165, 1.54) is 0 Å². The van der Waals surface area contributed by atoms with Crippen LogP contribution < -0.4 is 0 Å². The van der Waals surface area contributed by atoms with Crippen LogP contribution in [0.25, 0.3) is 98.4 Å². The van der Waals surface area contributed by atoms with E-state index >= 15 is 19.2 Å². The fourth-order valence-corrected chi connectivity index (χ4v) is 20.1. The molecule has 0 atom stereocenters. The maximum absolute atomic E-state index is 16.0. The maximum atomic E-state index is 16.0. The molecule has 6 heteroatoms. The average Bonchev–Trinajstić information content (AvgIpc) is 1.64. The first kappa shape index (κ1) is 45.7. The molecular formula is C78H56N2O4. The topological polar surface area (TPSA) is 77.1 Å². The molecule has 4 heterocycles. The molecule has 0 unspecified atom stereocenters. The van der Waals surface area contributed by atoms with Crippen LogP contribution in [0.5, 0.6) is 0 Å². The molecule has 2 saturated carbocycles. The second-order valence-corrected chi connectivity index (χ2v) is 28.7. The van der Waals surface area contributed by atoms with Gasteiger partial charge in [0.1, 0.15) is 0 Å². The first-order chi connectivity index (χ1) is 40.7. The second-order valence-electron chi connectivity index (χ2n) is 28.7. The highest BCUT2D eigenvalue weighted by Crippen LogP contribution is 2.62. The molecule has 23 rings (SSSR count). The Balaban J connectivity index is 0.949. The molecule has 0 saturated heterocycles. The Bertz CT molecular complexity index is 5050. The lowest BCUT2D eigenvalue weighted by Crippen LogP contribution is -2.33. The van der Waals surface area contributed by atoms with Crippen molar-refractivity contribution >= 4 is 99.3 Å². The first-order valence-electron chi connectivity index (χ1n) is 30.8. The van der Waals surface area contributed by atoms with Crippen LogP contribution in [0, 0.1) is 10.8 Å². The normalized spacial score (nSPS) is 25.4. The number of benzene rings is 9. The fraction of sp³-hybridized carbons (Fsp3) is 0.256. The summed E-state index contributed by atoms with van der Waals surface area (Å²) in [5.74, 6) is 0.766. The molecule has 0 amide bonds. The molecule has 402 valence electrons. The van der Waals surface area contributed by atoms with Gasteiger partial charge < -0.3 is 8.80 Å². The third-order valence-corrected chi connectivity index (χ3v) is 24.8. The van der Waals surface area contributed by atoms with Gasteiger partial charge in [-0.1, -0.05) is 125 Å². The number of carbonyl (C=O) groups excluding carboxylic acids is 4. The molecule has 2 fully saturated rings. The van der Waals surface area contributed by atoms with Crippen molar-refractivity contribution in [1.29, 1.82) is 0 Å². The van der Waals surface area contributed by atoms with E-state index in [0.29, 0.717) is 12.8 Å². The Labute approximate surface area is 483 Å². The van der Waals surface area contributed by atoms with Gasteiger partial charge in [-0.15, -0.1) is 0 Å². The SMILES string of the molecule is CC12CCC(C)(CC1)c1cc3c4c5c6cc7c(cc6n6c8cc9c(cc8c(c8c%10cc%11c(cc%10n(c3cc1C2=O)c84)C(=O)C1(C%11)c2ccccc2-c2ccccc21)c56)C1(C)CCC(C)(CC1)C9=O)C(=O)C1(C7)c2ccccc2-c2ccccc21. The van der Waals surface area contributed by atoms with E-state index in [4.69, 9.17) is 0 Å². The molecule has 6 nitrogen and oxygen atoms in total. The average molecular weight is 1090 g/mol. The van der Waals surface area contributed by atoms with E-state index in [0.717, 1.165) is 217 Å². The summed E-state index contributed by atoms with van der Waals surface area (Å²) in [5.41, 5.74) is 19.6. The van der Waals surface area contributed by atoms with E-state index in [9.17, 15) is 0 Å². The molecule has 84 heavy (non-hydrogen) atoms. The third kappa shape index (κ3) is 4.70. The number of aromatic nitrogens is 2. The zero-order valence-electron chi connectivity index (χ0n) is 47.5. The molecule has 0 radical (unpaired) electrons. The van der Waals surface area contributed by atoms with Crippen LogP contribution in [-0.2, 0) is 34.5 Å². The van der Waals surface area contributed by atoms with Gasteiger partial charge in [-0.2, -0.15) is 0 Å². The van der Waals surface area contributed by atoms with E-state index in [2.05, 4.69) is 182 Å². The molecular weight excluding hydrogens is 1030 g/mol. The molecule has 13 aromatic rings. The summed E-state index contributed by atoms with van der Waals surface area (Å²) in [7, 11) is 0. The van der Waals surface area contributed by atoms with Crippen molar-refractivity contribution in [2.24, 2.45) is 10.8 Å². The number of hydrogen-bond donors (Lipinski definition) is 0. The summed E-state index contributed by atoms with van der Waals surface area (Å²) >= 11 is 0. The molecule has 9 aromatic carbocycles. The van der Waals surface area contributed by atoms with Gasteiger partial charge in [0.2, 0.25) is 0 Å². The Morgan fingerprint density at radius 2 is 0.583 bits per heavy atom. The van der Waals surface area contributed by atoms with Crippen molar-refractivity contribution in [3.05, 3.63) is 212 Å². The lowest BCUT2D eigenvalue weighted by Gasteiger charge is -2.38. The highest BCUT2D eigenvalue weighted by Gasteiger charge is 2.57. The minimum atomic E-state index is -0.858. The van der Waals surface area contributed by atoms with Crippen molar-refractivity contribution in [3.8, 4) is 22.3 Å². The smallest absolute Gasteiger partial charge is 0.178 e. The number of Topliss-reactive ketones (excluding diaryl/α,β-unsaturated/α-hetero) is 4. The fourth-order valence-electron chi connectivity index (χ4n) is 20.1. The number of carbonyl (C=O) groups is 4. The highest BCUT2D eigenvalue weighted by atomic mass is 16.1. The van der Waals surface area contributed by atoms with Crippen LogP contribution in [0.2, 0.25) is 0 Å². The Morgan fingerprint density at radius 1 is 0.298 bits per heavy atom. The van der Waals surface area contributed by atoms with Crippen LogP contribution in [-0.4, -0.2) is 31.9 Å². The van der Waals surface area contributed by atoms with Crippen molar-refractivity contribution in [2.45, 2.75) is 114 Å². The van der Waals surface area contributed by atoms with Crippen molar-refractivity contribution in [3.63, 3.8) is 0 Å². The van der Waals surface area contributed by atoms with Gasteiger partial charge in [0.05, 0.1) is 43.9 Å². The standard InChI is InChI=1S/C78H56N2O4/c1-73-21-25-75(3,26-22-73)69(81)47-35-61-51(31-57(47)73)65-63-49-29-39-37-77(53-17-9-5-13-41(53)42-14-6-10-18-54(42)77)72(84)46(39)34-60(49)80-62-36-48-58(74(2)23-27-76(4,28-24-74)70(48)82)32-52(62)66(68(63)80)64-50-30-40-38-78(71(83)45(40)33-59(50)79(61)67(64)65)55-19-11-7-15-43(55)44-16-8-12-20-56(44)78/h5-20,29-36H,21-28,37-38H2,1-4H3. The molecule has 0 aliphatic heterocycles. The minimum absolute atomic E-state index is 0.137. The molecule has 10 aliphatic carbocycles. The Morgan fingerprint density at radius 3 is 0.917 bits per heavy atom. The zero-order chi connectivity index (χ0) is 55.8. The quantitative estimate of drug-likeness (QED) is 0.152. The van der Waals surface area contributed by atoms with E-state index in [-0.39, 0.29) is 34.0 Å². The van der Waals surface area contributed by atoms with Gasteiger partial charge in [-0.3, -0.25) is 19.2 Å². The molecule has 2 spiro atoms. The summed E-state index contributed by atoms with van der Waals surface area (Å²) in [6, 6.07) is 52.7. The van der Waals surface area contributed by atoms with Gasteiger partial charge in [0, 0.05) is 76.2 Å². The summed E-state index contributed by atoms with van der Waals surface area (Å²) in [5, 5.41) is 8.96. The van der Waals surface area contributed by atoms with Gasteiger partial charge in [0.25, 0.3) is 0 Å². The van der Waals surface area contributed by atoms with Crippen LogP contribution >= 0.6 is 0 Å². The largest absolute Gasteiger partial charge is 0.308 e. The predicted molar refractivity (Wildman–Crippen MR) is 334 cm³/mol. The lowest BCUT2D eigenvalue weighted by atomic mass is 9.65. The van der Waals surface area contributed by atoms with Gasteiger partial charge in [-0.25, -0.2) is 0 Å². The van der Waals surface area contributed by atoms with E-state index in [1.54, 1.807) is 0 Å². The summed E-state index contributed by atoms with van der Waals surface area (Å²) in [6.07, 6.45) is 8.36. The molecule has 4 aromatic heterocycles. The monoisotopic (exact) mass is 1080 g/mol. The highest BCUT2D eigenvalue weighted by molar-refractivity contribution is 6.46. The molecule has 10 aliphatic rings. The van der Waals surface area contributed by atoms with Crippen LogP contribution in [0.3, 0.4) is 0 Å². The summed E-state index contributed by atoms with van der Waals surface area (Å²) < 4.78 is 4.92. The second kappa shape index (κ2) is 13.9. The number of ketones is 4. The zero-order valence-corrected chi connectivity index (χ0v) is 47.5. The Hall–Kier alpha value is -8.74. The summed E-state index contributed by atoms with van der Waals surface area (Å²) in [4.78, 5) is 62.8. The van der Waals surface area contributed by atoms with Crippen LogP contribution in [0.1, 0.15) is 165 Å².